The molecule has 19 heavy (non-hydrogen) atoms. The molecule has 1 aromatic rings. The van der Waals surface area contributed by atoms with Gasteiger partial charge in [0, 0.05) is 29.0 Å². The molecule has 0 aliphatic heterocycles. The highest BCUT2D eigenvalue weighted by atomic mass is 79.9. The lowest BCUT2D eigenvalue weighted by Gasteiger charge is -2.29. The smallest absolute Gasteiger partial charge is 0.212 e. The Bertz CT molecular complexity index is 467. The maximum Gasteiger partial charge on any atom is 0.212 e. The third-order valence-corrected chi connectivity index (χ3v) is 6.55. The van der Waals surface area contributed by atoms with Gasteiger partial charge in [-0.1, -0.05) is 44.8 Å². The molecule has 0 radical (unpaired) electrons. The number of aromatic nitrogens is 1. The highest BCUT2D eigenvalue weighted by Crippen LogP contribution is 2.18. The second-order valence-electron chi connectivity index (χ2n) is 4.39. The molecule has 108 valence electrons. The Morgan fingerprint density at radius 3 is 2.47 bits per heavy atom. The van der Waals surface area contributed by atoms with E-state index in [0.717, 1.165) is 5.69 Å². The summed E-state index contributed by atoms with van der Waals surface area (Å²) in [5, 5.41) is 1.15. The van der Waals surface area contributed by atoms with Crippen molar-refractivity contribution in [3.63, 3.8) is 0 Å². The molecule has 4 nitrogen and oxygen atoms in total. The fourth-order valence-electron chi connectivity index (χ4n) is 1.52. The Kier molecular flexibility index (Phi) is 6.93. The number of hydrogen-bond donors (Lipinski definition) is 1. The van der Waals surface area contributed by atoms with Crippen LogP contribution in [-0.2, 0) is 16.4 Å². The first-order valence-corrected chi connectivity index (χ1v) is 9.90. The predicted octanol–water partition coefficient (Wildman–Crippen LogP) is 2.48. The zero-order valence-corrected chi connectivity index (χ0v) is 14.8. The van der Waals surface area contributed by atoms with Crippen LogP contribution in [0.25, 0.3) is 0 Å². The molecule has 0 bridgehead atoms. The van der Waals surface area contributed by atoms with Gasteiger partial charge in [0.05, 0.1) is 11.3 Å². The standard InChI is InChI=1S/C12H18Br2N2O2S/c1-2-12(9-13,10-14)16-19(17,18)8-6-11-5-3-4-7-15-11/h3-5,7,16H,2,6,8-10H2,1H3. The number of pyridine rings is 1. The lowest BCUT2D eigenvalue weighted by atomic mass is 10.0. The van der Waals surface area contributed by atoms with Gasteiger partial charge in [-0.15, -0.1) is 0 Å². The van der Waals surface area contributed by atoms with E-state index in [-0.39, 0.29) is 5.75 Å². The maximum absolute atomic E-state index is 12.1. The van der Waals surface area contributed by atoms with Crippen molar-refractivity contribution in [1.29, 1.82) is 0 Å². The summed E-state index contributed by atoms with van der Waals surface area (Å²) in [7, 11) is -3.32. The third kappa shape index (κ3) is 5.49. The summed E-state index contributed by atoms with van der Waals surface area (Å²) in [4.78, 5) is 4.13. The zero-order valence-electron chi connectivity index (χ0n) is 10.8. The molecular weight excluding hydrogens is 396 g/mol. The van der Waals surface area contributed by atoms with E-state index in [0.29, 0.717) is 23.5 Å². The van der Waals surface area contributed by atoms with Crippen LogP contribution in [-0.4, -0.2) is 35.4 Å². The summed E-state index contributed by atoms with van der Waals surface area (Å²) >= 11 is 6.75. The van der Waals surface area contributed by atoms with Gasteiger partial charge >= 0.3 is 0 Å². The van der Waals surface area contributed by atoms with Crippen molar-refractivity contribution in [2.45, 2.75) is 25.3 Å². The van der Waals surface area contributed by atoms with Gasteiger partial charge in [0.25, 0.3) is 0 Å². The van der Waals surface area contributed by atoms with Gasteiger partial charge < -0.3 is 0 Å². The van der Waals surface area contributed by atoms with Gasteiger partial charge in [-0.3, -0.25) is 4.98 Å². The molecule has 1 N–H and O–H groups in total. The molecule has 0 unspecified atom stereocenters. The number of aryl methyl sites for hydroxylation is 1. The van der Waals surface area contributed by atoms with Crippen LogP contribution in [0.5, 0.6) is 0 Å². The van der Waals surface area contributed by atoms with Crippen LogP contribution in [0.3, 0.4) is 0 Å². The van der Waals surface area contributed by atoms with Crippen molar-refractivity contribution >= 4 is 41.9 Å². The molecule has 0 spiro atoms. The van der Waals surface area contributed by atoms with E-state index in [9.17, 15) is 8.42 Å². The van der Waals surface area contributed by atoms with Gasteiger partial charge in [-0.05, 0) is 18.6 Å². The quantitative estimate of drug-likeness (QED) is 0.666. The van der Waals surface area contributed by atoms with Crippen molar-refractivity contribution < 1.29 is 8.42 Å². The Morgan fingerprint density at radius 1 is 1.32 bits per heavy atom. The van der Waals surface area contributed by atoms with Crippen molar-refractivity contribution in [3.8, 4) is 0 Å². The average molecular weight is 414 g/mol. The Balaban J connectivity index is 2.66. The van der Waals surface area contributed by atoms with E-state index >= 15 is 0 Å². The SMILES string of the molecule is CCC(CBr)(CBr)NS(=O)(=O)CCc1ccccn1. The fraction of sp³-hybridized carbons (Fsp3) is 0.583. The molecule has 0 atom stereocenters. The van der Waals surface area contributed by atoms with Gasteiger partial charge in [-0.2, -0.15) is 0 Å². The summed E-state index contributed by atoms with van der Waals surface area (Å²) in [6, 6.07) is 5.50. The first-order valence-electron chi connectivity index (χ1n) is 6.00. The van der Waals surface area contributed by atoms with Crippen LogP contribution in [0.1, 0.15) is 19.0 Å². The third-order valence-electron chi connectivity index (χ3n) is 2.91. The number of rotatable bonds is 8. The number of sulfonamides is 1. The van der Waals surface area contributed by atoms with Crippen LogP contribution in [0, 0.1) is 0 Å². The molecule has 1 heterocycles. The first kappa shape index (κ1) is 17.1. The van der Waals surface area contributed by atoms with Crippen molar-refractivity contribution in [2.75, 3.05) is 16.4 Å². The Morgan fingerprint density at radius 2 is 2.00 bits per heavy atom. The van der Waals surface area contributed by atoms with Crippen molar-refractivity contribution in [3.05, 3.63) is 30.1 Å². The van der Waals surface area contributed by atoms with Crippen LogP contribution in [0.15, 0.2) is 24.4 Å². The minimum Gasteiger partial charge on any atom is -0.261 e. The first-order chi connectivity index (χ1) is 8.97. The Labute approximate surface area is 131 Å². The number of hydrogen-bond acceptors (Lipinski definition) is 3. The normalized spacial score (nSPS) is 12.6. The molecule has 0 aliphatic rings. The van der Waals surface area contributed by atoms with E-state index in [2.05, 4.69) is 41.6 Å². The predicted molar refractivity (Wildman–Crippen MR) is 85.5 cm³/mol. The van der Waals surface area contributed by atoms with Crippen LogP contribution >= 0.6 is 31.9 Å². The maximum atomic E-state index is 12.1. The van der Waals surface area contributed by atoms with E-state index in [4.69, 9.17) is 0 Å². The summed E-state index contributed by atoms with van der Waals surface area (Å²) in [5.41, 5.74) is 0.316. The molecule has 1 rings (SSSR count). The average Bonchev–Trinajstić information content (AvgIpc) is 2.44. The van der Waals surface area contributed by atoms with Crippen molar-refractivity contribution in [2.24, 2.45) is 0 Å². The second-order valence-corrected chi connectivity index (χ2v) is 7.36. The fourth-order valence-corrected chi connectivity index (χ4v) is 5.42. The highest BCUT2D eigenvalue weighted by molar-refractivity contribution is 9.09. The number of halogens is 2. The van der Waals surface area contributed by atoms with E-state index in [1.54, 1.807) is 6.20 Å². The van der Waals surface area contributed by atoms with Gasteiger partial charge in [0.2, 0.25) is 10.0 Å². The summed E-state index contributed by atoms with van der Waals surface area (Å²) in [6.45, 7) is 1.96. The Hall–Kier alpha value is 0.0200. The van der Waals surface area contributed by atoms with Crippen LogP contribution in [0.4, 0.5) is 0 Å². The molecule has 1 aromatic heterocycles. The lowest BCUT2D eigenvalue weighted by Crippen LogP contribution is -2.51. The van der Waals surface area contributed by atoms with E-state index < -0.39 is 15.6 Å². The largest absolute Gasteiger partial charge is 0.261 e. The van der Waals surface area contributed by atoms with Gasteiger partial charge in [0.15, 0.2) is 0 Å². The van der Waals surface area contributed by atoms with Crippen LogP contribution < -0.4 is 4.72 Å². The minimum atomic E-state index is -3.32. The summed E-state index contributed by atoms with van der Waals surface area (Å²) in [6.07, 6.45) is 2.80. The minimum absolute atomic E-state index is 0.0474. The monoisotopic (exact) mass is 412 g/mol. The highest BCUT2D eigenvalue weighted by Gasteiger charge is 2.30. The van der Waals surface area contributed by atoms with Crippen molar-refractivity contribution in [1.82, 2.24) is 9.71 Å². The van der Waals surface area contributed by atoms with E-state index in [1.165, 1.54) is 0 Å². The van der Waals surface area contributed by atoms with Gasteiger partial charge in [0.1, 0.15) is 0 Å². The molecule has 0 aliphatic carbocycles. The summed E-state index contributed by atoms with van der Waals surface area (Å²) in [5.74, 6) is 0.0474. The molecule has 0 amide bonds. The molecular formula is C12H18Br2N2O2S. The molecule has 0 fully saturated rings. The van der Waals surface area contributed by atoms with E-state index in [1.807, 2.05) is 25.1 Å². The summed E-state index contributed by atoms with van der Waals surface area (Å²) < 4.78 is 27.0. The lowest BCUT2D eigenvalue weighted by molar-refractivity contribution is 0.459. The number of nitrogens with one attached hydrogen (secondary N) is 1. The molecule has 0 saturated carbocycles. The van der Waals surface area contributed by atoms with Gasteiger partial charge in [-0.25, -0.2) is 13.1 Å². The molecule has 0 aromatic carbocycles. The van der Waals surface area contributed by atoms with Crippen LogP contribution in [0.2, 0.25) is 0 Å². The second kappa shape index (κ2) is 7.71. The molecule has 0 saturated heterocycles. The topological polar surface area (TPSA) is 59.1 Å². The molecule has 7 heteroatoms. The number of nitrogens with zero attached hydrogens (tertiary/aromatic N) is 1. The number of alkyl halides is 2. The zero-order chi connectivity index (χ0) is 14.4.